The second kappa shape index (κ2) is 4.74. The van der Waals surface area contributed by atoms with Crippen LogP contribution in [0.4, 0.5) is 0 Å². The van der Waals surface area contributed by atoms with Crippen LogP contribution < -0.4 is 11.3 Å². The fourth-order valence-corrected chi connectivity index (χ4v) is 2.60. The number of aromatic nitrogens is 1. The SMILES string of the molecule is Cc1cccc(C(NN)c2ccc(C)s2)n1. The molecule has 0 aliphatic heterocycles. The first-order valence-corrected chi connectivity index (χ1v) is 5.98. The highest BCUT2D eigenvalue weighted by Gasteiger charge is 2.15. The average Bonchev–Trinajstić information content (AvgIpc) is 2.66. The predicted molar refractivity (Wildman–Crippen MR) is 67.2 cm³/mol. The fraction of sp³-hybridized carbons (Fsp3) is 0.250. The minimum atomic E-state index is -0.0152. The number of aryl methyl sites for hydroxylation is 2. The highest BCUT2D eigenvalue weighted by atomic mass is 32.1. The van der Waals surface area contributed by atoms with E-state index in [0.29, 0.717) is 0 Å². The normalized spacial score (nSPS) is 12.7. The van der Waals surface area contributed by atoms with Crippen LogP contribution in [0.5, 0.6) is 0 Å². The van der Waals surface area contributed by atoms with Gasteiger partial charge in [0.05, 0.1) is 11.7 Å². The quantitative estimate of drug-likeness (QED) is 0.632. The zero-order valence-electron chi connectivity index (χ0n) is 9.40. The number of pyridine rings is 1. The van der Waals surface area contributed by atoms with Crippen molar-refractivity contribution < 1.29 is 0 Å². The molecule has 0 aliphatic rings. The average molecular weight is 233 g/mol. The molecule has 0 spiro atoms. The summed E-state index contributed by atoms with van der Waals surface area (Å²) in [5.74, 6) is 5.61. The van der Waals surface area contributed by atoms with Gasteiger partial charge in [0.1, 0.15) is 0 Å². The Labute approximate surface area is 99.3 Å². The van der Waals surface area contributed by atoms with Crippen molar-refractivity contribution in [3.05, 3.63) is 51.5 Å². The van der Waals surface area contributed by atoms with Crippen molar-refractivity contribution in [2.45, 2.75) is 19.9 Å². The van der Waals surface area contributed by atoms with Crippen LogP contribution in [0.15, 0.2) is 30.3 Å². The second-order valence-corrected chi connectivity index (χ2v) is 5.07. The van der Waals surface area contributed by atoms with E-state index in [1.165, 1.54) is 9.75 Å². The lowest BCUT2D eigenvalue weighted by molar-refractivity contribution is 0.628. The Hall–Kier alpha value is -1.23. The molecule has 3 nitrogen and oxygen atoms in total. The van der Waals surface area contributed by atoms with Crippen LogP contribution in [-0.2, 0) is 0 Å². The van der Waals surface area contributed by atoms with Gasteiger partial charge in [0, 0.05) is 15.4 Å². The van der Waals surface area contributed by atoms with Gasteiger partial charge in [-0.05, 0) is 38.1 Å². The monoisotopic (exact) mass is 233 g/mol. The maximum atomic E-state index is 5.61. The first kappa shape index (κ1) is 11.3. The molecule has 0 saturated heterocycles. The Kier molecular flexibility index (Phi) is 3.33. The Morgan fingerprint density at radius 2 is 2.06 bits per heavy atom. The third kappa shape index (κ3) is 2.29. The summed E-state index contributed by atoms with van der Waals surface area (Å²) >= 11 is 1.74. The smallest absolute Gasteiger partial charge is 0.0973 e. The molecule has 16 heavy (non-hydrogen) atoms. The number of thiophene rings is 1. The number of hydrogen-bond donors (Lipinski definition) is 2. The minimum absolute atomic E-state index is 0.0152. The van der Waals surface area contributed by atoms with Gasteiger partial charge in [-0.25, -0.2) is 5.43 Å². The van der Waals surface area contributed by atoms with Crippen LogP contribution in [0.25, 0.3) is 0 Å². The van der Waals surface area contributed by atoms with Crippen LogP contribution in [0.3, 0.4) is 0 Å². The number of nitrogens with two attached hydrogens (primary N) is 1. The molecule has 84 valence electrons. The molecule has 2 rings (SSSR count). The van der Waals surface area contributed by atoms with Crippen LogP contribution >= 0.6 is 11.3 Å². The molecule has 4 heteroatoms. The van der Waals surface area contributed by atoms with Gasteiger partial charge in [-0.3, -0.25) is 10.8 Å². The van der Waals surface area contributed by atoms with Crippen LogP contribution in [0.1, 0.15) is 27.2 Å². The molecule has 1 unspecified atom stereocenters. The van der Waals surface area contributed by atoms with Crippen molar-refractivity contribution in [3.63, 3.8) is 0 Å². The van der Waals surface area contributed by atoms with Gasteiger partial charge < -0.3 is 0 Å². The Morgan fingerprint density at radius 1 is 1.25 bits per heavy atom. The van der Waals surface area contributed by atoms with E-state index in [-0.39, 0.29) is 6.04 Å². The summed E-state index contributed by atoms with van der Waals surface area (Å²) in [6.45, 7) is 4.07. The van der Waals surface area contributed by atoms with Gasteiger partial charge in [-0.15, -0.1) is 11.3 Å². The molecule has 0 bridgehead atoms. The second-order valence-electron chi connectivity index (χ2n) is 3.75. The molecule has 0 fully saturated rings. The third-order valence-electron chi connectivity index (χ3n) is 2.42. The molecule has 3 N–H and O–H groups in total. The minimum Gasteiger partial charge on any atom is -0.270 e. The molecular weight excluding hydrogens is 218 g/mol. The summed E-state index contributed by atoms with van der Waals surface area (Å²) < 4.78 is 0. The molecule has 0 saturated carbocycles. The molecule has 2 heterocycles. The number of hydrogen-bond acceptors (Lipinski definition) is 4. The van der Waals surface area contributed by atoms with E-state index in [2.05, 4.69) is 29.5 Å². The molecule has 0 aromatic carbocycles. The highest BCUT2D eigenvalue weighted by Crippen LogP contribution is 2.26. The number of hydrazine groups is 1. The predicted octanol–water partition coefficient (Wildman–Crippen LogP) is 2.31. The van der Waals surface area contributed by atoms with Gasteiger partial charge in [0.25, 0.3) is 0 Å². The first-order chi connectivity index (χ1) is 7.70. The topological polar surface area (TPSA) is 50.9 Å². The van der Waals surface area contributed by atoms with Crippen LogP contribution in [0, 0.1) is 13.8 Å². The number of nitrogens with one attached hydrogen (secondary N) is 1. The summed E-state index contributed by atoms with van der Waals surface area (Å²) in [5, 5.41) is 0. The van der Waals surface area contributed by atoms with Crippen LogP contribution in [-0.4, -0.2) is 4.98 Å². The van der Waals surface area contributed by atoms with Gasteiger partial charge in [-0.2, -0.15) is 0 Å². The third-order valence-corrected chi connectivity index (χ3v) is 3.48. The van der Waals surface area contributed by atoms with Crippen LogP contribution in [0.2, 0.25) is 0 Å². The molecule has 2 aromatic rings. The van der Waals surface area contributed by atoms with Gasteiger partial charge >= 0.3 is 0 Å². The highest BCUT2D eigenvalue weighted by molar-refractivity contribution is 7.12. The Morgan fingerprint density at radius 3 is 2.62 bits per heavy atom. The fourth-order valence-electron chi connectivity index (χ4n) is 1.65. The molecule has 2 aromatic heterocycles. The van der Waals surface area contributed by atoms with Gasteiger partial charge in [0.2, 0.25) is 0 Å². The summed E-state index contributed by atoms with van der Waals surface area (Å²) in [6, 6.07) is 10.2. The zero-order valence-corrected chi connectivity index (χ0v) is 10.2. The van der Waals surface area contributed by atoms with Crippen molar-refractivity contribution in [1.29, 1.82) is 0 Å². The van der Waals surface area contributed by atoms with E-state index in [1.807, 2.05) is 25.1 Å². The Bertz CT molecular complexity index is 479. The number of nitrogens with zero attached hydrogens (tertiary/aromatic N) is 1. The maximum absolute atomic E-state index is 5.61. The molecule has 1 atom stereocenters. The van der Waals surface area contributed by atoms with E-state index >= 15 is 0 Å². The van der Waals surface area contributed by atoms with Crippen molar-refractivity contribution in [2.24, 2.45) is 5.84 Å². The Balaban J connectivity index is 2.36. The maximum Gasteiger partial charge on any atom is 0.0973 e. The molecule has 0 aliphatic carbocycles. The van der Waals surface area contributed by atoms with E-state index in [9.17, 15) is 0 Å². The summed E-state index contributed by atoms with van der Waals surface area (Å²) in [5.41, 5.74) is 4.79. The lowest BCUT2D eigenvalue weighted by Crippen LogP contribution is -2.28. The zero-order chi connectivity index (χ0) is 11.5. The molecule has 0 radical (unpaired) electrons. The van der Waals surface area contributed by atoms with Crippen molar-refractivity contribution in [1.82, 2.24) is 10.4 Å². The summed E-state index contributed by atoms with van der Waals surface area (Å²) in [6.07, 6.45) is 0. The first-order valence-electron chi connectivity index (χ1n) is 5.16. The summed E-state index contributed by atoms with van der Waals surface area (Å²) in [7, 11) is 0. The summed E-state index contributed by atoms with van der Waals surface area (Å²) in [4.78, 5) is 6.97. The van der Waals surface area contributed by atoms with Crippen molar-refractivity contribution in [2.75, 3.05) is 0 Å². The van der Waals surface area contributed by atoms with E-state index < -0.39 is 0 Å². The number of rotatable bonds is 3. The molecular formula is C12H15N3S. The van der Waals surface area contributed by atoms with Gasteiger partial charge in [-0.1, -0.05) is 6.07 Å². The lowest BCUT2D eigenvalue weighted by atomic mass is 10.1. The standard InChI is InChI=1S/C12H15N3S/c1-8-4-3-5-10(14-8)12(15-13)11-7-6-9(2)16-11/h3-7,12,15H,13H2,1-2H3. The van der Waals surface area contributed by atoms with E-state index in [1.54, 1.807) is 11.3 Å². The van der Waals surface area contributed by atoms with Gasteiger partial charge in [0.15, 0.2) is 0 Å². The molecule has 0 amide bonds. The lowest BCUT2D eigenvalue weighted by Gasteiger charge is -2.13. The van der Waals surface area contributed by atoms with E-state index in [4.69, 9.17) is 5.84 Å². The van der Waals surface area contributed by atoms with E-state index in [0.717, 1.165) is 11.4 Å². The largest absolute Gasteiger partial charge is 0.270 e. The van der Waals surface area contributed by atoms with Crippen molar-refractivity contribution in [3.8, 4) is 0 Å². The van der Waals surface area contributed by atoms with Crippen molar-refractivity contribution >= 4 is 11.3 Å².